The molecule has 2 unspecified atom stereocenters. The van der Waals surface area contributed by atoms with Gasteiger partial charge in [-0.25, -0.2) is 0 Å². The summed E-state index contributed by atoms with van der Waals surface area (Å²) in [6, 6.07) is 0.676. The summed E-state index contributed by atoms with van der Waals surface area (Å²) in [5.74, 6) is 0. The zero-order valence-electron chi connectivity index (χ0n) is 13.0. The van der Waals surface area contributed by atoms with Gasteiger partial charge < -0.3 is 15.3 Å². The smallest absolute Gasteiger partial charge is 0.0613 e. The Balaban J connectivity index is 1.92. The van der Waals surface area contributed by atoms with E-state index in [0.717, 1.165) is 12.8 Å². The maximum atomic E-state index is 9.70. The number of nitrogens with zero attached hydrogens (tertiary/aromatic N) is 1. The number of hydrogen-bond acceptors (Lipinski definition) is 3. The van der Waals surface area contributed by atoms with Crippen molar-refractivity contribution in [2.45, 2.75) is 70.4 Å². The van der Waals surface area contributed by atoms with E-state index < -0.39 is 0 Å². The summed E-state index contributed by atoms with van der Waals surface area (Å²) in [6.45, 7) is 7.55. The van der Waals surface area contributed by atoms with Gasteiger partial charge in [0, 0.05) is 11.6 Å². The molecule has 3 heteroatoms. The molecule has 1 saturated heterocycles. The predicted octanol–water partition coefficient (Wildman–Crippen LogP) is 2.39. The van der Waals surface area contributed by atoms with Crippen LogP contribution in [0.1, 0.15) is 58.8 Å². The molecule has 0 amide bonds. The first-order valence-electron chi connectivity index (χ1n) is 8.10. The minimum atomic E-state index is -0.0194. The maximum absolute atomic E-state index is 9.70. The fourth-order valence-electron chi connectivity index (χ4n) is 3.88. The van der Waals surface area contributed by atoms with Gasteiger partial charge in [0.2, 0.25) is 0 Å². The summed E-state index contributed by atoms with van der Waals surface area (Å²) in [5.41, 5.74) is 0.552. The number of nitrogens with one attached hydrogen (secondary N) is 1. The molecule has 112 valence electrons. The molecule has 1 aliphatic carbocycles. The lowest BCUT2D eigenvalue weighted by molar-refractivity contribution is 0.0276. The van der Waals surface area contributed by atoms with E-state index in [-0.39, 0.29) is 12.1 Å². The number of likely N-dealkylation sites (tertiary alicyclic amines) is 1. The first-order chi connectivity index (χ1) is 9.06. The molecule has 1 aliphatic heterocycles. The second kappa shape index (κ2) is 6.11. The highest BCUT2D eigenvalue weighted by Crippen LogP contribution is 2.38. The van der Waals surface area contributed by atoms with Gasteiger partial charge in [-0.15, -0.1) is 0 Å². The van der Waals surface area contributed by atoms with E-state index in [0.29, 0.717) is 11.5 Å². The van der Waals surface area contributed by atoms with Gasteiger partial charge in [0.1, 0.15) is 0 Å². The van der Waals surface area contributed by atoms with Crippen molar-refractivity contribution in [3.8, 4) is 0 Å². The molecule has 0 radical (unpaired) electrons. The van der Waals surface area contributed by atoms with Gasteiger partial charge in [0.25, 0.3) is 0 Å². The third kappa shape index (κ3) is 3.32. The molecule has 1 heterocycles. The van der Waals surface area contributed by atoms with E-state index in [1.165, 1.54) is 45.2 Å². The van der Waals surface area contributed by atoms with E-state index >= 15 is 0 Å². The SMILES string of the molecule is CCC1(C)CCN(C2CCCC(CO)(NC)C2)CC1. The monoisotopic (exact) mass is 268 g/mol. The van der Waals surface area contributed by atoms with Crippen molar-refractivity contribution in [3.63, 3.8) is 0 Å². The minimum Gasteiger partial charge on any atom is -0.394 e. The summed E-state index contributed by atoms with van der Waals surface area (Å²) in [6.07, 6.45) is 8.78. The second-order valence-corrected chi connectivity index (χ2v) is 7.14. The largest absolute Gasteiger partial charge is 0.394 e. The van der Waals surface area contributed by atoms with Crippen molar-refractivity contribution in [1.29, 1.82) is 0 Å². The molecule has 0 aromatic carbocycles. The van der Waals surface area contributed by atoms with Crippen LogP contribution in [0.15, 0.2) is 0 Å². The summed E-state index contributed by atoms with van der Waals surface area (Å²) in [4.78, 5) is 2.69. The van der Waals surface area contributed by atoms with Crippen LogP contribution in [0.2, 0.25) is 0 Å². The molecular formula is C16H32N2O. The van der Waals surface area contributed by atoms with Crippen LogP contribution in [0.3, 0.4) is 0 Å². The van der Waals surface area contributed by atoms with Crippen molar-refractivity contribution in [1.82, 2.24) is 10.2 Å². The standard InChI is InChI=1S/C16H32N2O/c1-4-15(2)8-10-18(11-9-15)14-6-5-7-16(12-14,13-19)17-3/h14,17,19H,4-13H2,1-3H3. The number of hydrogen-bond donors (Lipinski definition) is 2. The van der Waals surface area contributed by atoms with Gasteiger partial charge in [-0.2, -0.15) is 0 Å². The molecule has 0 spiro atoms. The Bertz CT molecular complexity index is 280. The number of piperidine rings is 1. The van der Waals surface area contributed by atoms with E-state index in [9.17, 15) is 5.11 Å². The van der Waals surface area contributed by atoms with Crippen LogP contribution in [0.4, 0.5) is 0 Å². The first-order valence-corrected chi connectivity index (χ1v) is 8.10. The fraction of sp³-hybridized carbons (Fsp3) is 1.00. The Morgan fingerprint density at radius 2 is 1.95 bits per heavy atom. The summed E-state index contributed by atoms with van der Waals surface area (Å²) < 4.78 is 0. The Hall–Kier alpha value is -0.120. The third-order valence-corrected chi connectivity index (χ3v) is 6.03. The average Bonchev–Trinajstić information content (AvgIpc) is 2.48. The van der Waals surface area contributed by atoms with Gasteiger partial charge in [0.15, 0.2) is 0 Å². The van der Waals surface area contributed by atoms with Crippen molar-refractivity contribution < 1.29 is 5.11 Å². The molecule has 2 aliphatic rings. The van der Waals surface area contributed by atoms with E-state index in [1.54, 1.807) is 0 Å². The Morgan fingerprint density at radius 3 is 2.47 bits per heavy atom. The summed E-state index contributed by atoms with van der Waals surface area (Å²) in [5, 5.41) is 13.1. The van der Waals surface area contributed by atoms with Crippen LogP contribution in [-0.2, 0) is 0 Å². The highest BCUT2D eigenvalue weighted by Gasteiger charge is 2.38. The molecule has 2 fully saturated rings. The zero-order valence-corrected chi connectivity index (χ0v) is 13.0. The van der Waals surface area contributed by atoms with Gasteiger partial charge in [0.05, 0.1) is 6.61 Å². The Morgan fingerprint density at radius 1 is 1.26 bits per heavy atom. The second-order valence-electron chi connectivity index (χ2n) is 7.14. The molecule has 2 rings (SSSR count). The molecule has 0 aromatic rings. The lowest BCUT2D eigenvalue weighted by atomic mass is 9.75. The van der Waals surface area contributed by atoms with E-state index in [4.69, 9.17) is 0 Å². The average molecular weight is 268 g/mol. The number of aliphatic hydroxyl groups is 1. The topological polar surface area (TPSA) is 35.5 Å². The van der Waals surface area contributed by atoms with Gasteiger partial charge in [-0.05, 0) is 64.1 Å². The molecule has 0 bridgehead atoms. The van der Waals surface area contributed by atoms with E-state index in [1.807, 2.05) is 7.05 Å². The lowest BCUT2D eigenvalue weighted by Crippen LogP contribution is -2.56. The van der Waals surface area contributed by atoms with E-state index in [2.05, 4.69) is 24.1 Å². The van der Waals surface area contributed by atoms with Crippen LogP contribution in [0.5, 0.6) is 0 Å². The fourth-order valence-corrected chi connectivity index (χ4v) is 3.88. The Kier molecular flexibility index (Phi) is 4.91. The van der Waals surface area contributed by atoms with Crippen molar-refractivity contribution in [3.05, 3.63) is 0 Å². The van der Waals surface area contributed by atoms with Gasteiger partial charge in [-0.1, -0.05) is 20.3 Å². The van der Waals surface area contributed by atoms with Crippen molar-refractivity contribution >= 4 is 0 Å². The molecule has 1 saturated carbocycles. The molecular weight excluding hydrogens is 236 g/mol. The lowest BCUT2D eigenvalue weighted by Gasteiger charge is -2.47. The predicted molar refractivity (Wildman–Crippen MR) is 80.3 cm³/mol. The van der Waals surface area contributed by atoms with Crippen molar-refractivity contribution in [2.24, 2.45) is 5.41 Å². The van der Waals surface area contributed by atoms with Gasteiger partial charge in [-0.3, -0.25) is 0 Å². The van der Waals surface area contributed by atoms with Crippen molar-refractivity contribution in [2.75, 3.05) is 26.7 Å². The molecule has 19 heavy (non-hydrogen) atoms. The summed E-state index contributed by atoms with van der Waals surface area (Å²) in [7, 11) is 2.00. The van der Waals surface area contributed by atoms with Crippen LogP contribution in [-0.4, -0.2) is 48.3 Å². The van der Waals surface area contributed by atoms with Crippen LogP contribution in [0, 0.1) is 5.41 Å². The number of aliphatic hydroxyl groups excluding tert-OH is 1. The number of likely N-dealkylation sites (N-methyl/N-ethyl adjacent to an activating group) is 1. The highest BCUT2D eigenvalue weighted by molar-refractivity contribution is 4.97. The molecule has 0 aromatic heterocycles. The number of rotatable bonds is 4. The summed E-state index contributed by atoms with van der Waals surface area (Å²) >= 11 is 0. The minimum absolute atomic E-state index is 0.0194. The Labute approximate surface area is 118 Å². The normalized spacial score (nSPS) is 36.3. The molecule has 2 N–H and O–H groups in total. The van der Waals surface area contributed by atoms with Crippen LogP contribution >= 0.6 is 0 Å². The van der Waals surface area contributed by atoms with Gasteiger partial charge >= 0.3 is 0 Å². The van der Waals surface area contributed by atoms with Crippen LogP contribution < -0.4 is 5.32 Å². The maximum Gasteiger partial charge on any atom is 0.0613 e. The first kappa shape index (κ1) is 15.3. The third-order valence-electron chi connectivity index (χ3n) is 6.03. The van der Waals surface area contributed by atoms with Crippen LogP contribution in [0.25, 0.3) is 0 Å². The quantitative estimate of drug-likeness (QED) is 0.822. The zero-order chi connectivity index (χ0) is 13.9. The molecule has 3 nitrogen and oxygen atoms in total. The highest BCUT2D eigenvalue weighted by atomic mass is 16.3. The molecule has 2 atom stereocenters.